The van der Waals surface area contributed by atoms with E-state index in [1.165, 1.54) is 11.1 Å². The fraction of sp³-hybridized carbons (Fsp3) is 0.455. The van der Waals surface area contributed by atoms with Crippen molar-refractivity contribution in [1.82, 2.24) is 0 Å². The average Bonchev–Trinajstić information content (AvgIpc) is 2.76. The minimum Gasteiger partial charge on any atom is -0.491 e. The summed E-state index contributed by atoms with van der Waals surface area (Å²) in [6.45, 7) is 4.13. The fourth-order valence-corrected chi connectivity index (χ4v) is 3.65. The van der Waals surface area contributed by atoms with Crippen LogP contribution in [0.3, 0.4) is 0 Å². The van der Waals surface area contributed by atoms with E-state index in [4.69, 9.17) is 23.7 Å². The molecule has 1 aliphatic rings. The van der Waals surface area contributed by atoms with Crippen LogP contribution < -0.4 is 9.47 Å². The Morgan fingerprint density at radius 2 is 0.931 bits per heavy atom. The standard InChI is InChI=1S/C22H26Br2O5/c23-15-17-1-3-21-19(13-17)20-14-18(16-24)2-4-22(20)29-12-10-27-8-6-25-5-7-26-9-11-28-21/h1-4,13-14H,5-12,15-16H2. The summed E-state index contributed by atoms with van der Waals surface area (Å²) in [4.78, 5) is 0. The molecule has 0 radical (unpaired) electrons. The highest BCUT2D eigenvalue weighted by atomic mass is 79.9. The molecule has 5 nitrogen and oxygen atoms in total. The van der Waals surface area contributed by atoms with Crippen LogP contribution in [-0.4, -0.2) is 52.9 Å². The number of ether oxygens (including phenoxy) is 5. The van der Waals surface area contributed by atoms with E-state index in [1.807, 2.05) is 12.1 Å². The van der Waals surface area contributed by atoms with Crippen LogP contribution in [0, 0.1) is 0 Å². The van der Waals surface area contributed by atoms with Crippen LogP contribution in [0.5, 0.6) is 11.5 Å². The summed E-state index contributed by atoms with van der Waals surface area (Å²) in [5.74, 6) is 1.62. The smallest absolute Gasteiger partial charge is 0.127 e. The van der Waals surface area contributed by atoms with Gasteiger partial charge in [-0.1, -0.05) is 44.0 Å². The van der Waals surface area contributed by atoms with Gasteiger partial charge in [0.05, 0.1) is 39.6 Å². The van der Waals surface area contributed by atoms with Crippen LogP contribution in [0.25, 0.3) is 11.1 Å². The number of hydrogen-bond acceptors (Lipinski definition) is 5. The van der Waals surface area contributed by atoms with E-state index >= 15 is 0 Å². The minimum atomic E-state index is 0.470. The molecule has 0 aromatic heterocycles. The van der Waals surface area contributed by atoms with Crippen molar-refractivity contribution in [2.45, 2.75) is 10.7 Å². The Morgan fingerprint density at radius 3 is 1.31 bits per heavy atom. The molecule has 0 amide bonds. The molecule has 158 valence electrons. The molecule has 0 fully saturated rings. The van der Waals surface area contributed by atoms with E-state index in [0.29, 0.717) is 52.9 Å². The van der Waals surface area contributed by atoms with Gasteiger partial charge in [0.2, 0.25) is 0 Å². The predicted molar refractivity (Wildman–Crippen MR) is 121 cm³/mol. The lowest BCUT2D eigenvalue weighted by Crippen LogP contribution is -2.14. The highest BCUT2D eigenvalue weighted by Crippen LogP contribution is 2.38. The van der Waals surface area contributed by atoms with Crippen LogP contribution in [-0.2, 0) is 24.9 Å². The van der Waals surface area contributed by atoms with Crippen molar-refractivity contribution in [2.24, 2.45) is 0 Å². The van der Waals surface area contributed by atoms with Gasteiger partial charge in [0.15, 0.2) is 0 Å². The first-order chi connectivity index (χ1) is 14.3. The SMILES string of the molecule is BrCc1ccc2c(c1)-c1cc(CBr)ccc1OCCOCCOCCOCCO2. The van der Waals surface area contributed by atoms with Crippen molar-refractivity contribution in [2.75, 3.05) is 52.9 Å². The molecule has 0 aliphatic carbocycles. The van der Waals surface area contributed by atoms with Crippen molar-refractivity contribution < 1.29 is 23.7 Å². The first kappa shape index (κ1) is 22.6. The lowest BCUT2D eigenvalue weighted by atomic mass is 9.99. The number of rotatable bonds is 2. The minimum absolute atomic E-state index is 0.470. The number of hydrogen-bond donors (Lipinski definition) is 0. The largest absolute Gasteiger partial charge is 0.491 e. The maximum atomic E-state index is 6.07. The Labute approximate surface area is 188 Å². The Bertz CT molecular complexity index is 705. The lowest BCUT2D eigenvalue weighted by Gasteiger charge is -2.17. The van der Waals surface area contributed by atoms with Gasteiger partial charge in [0.25, 0.3) is 0 Å². The normalized spacial score (nSPS) is 16.6. The zero-order valence-electron chi connectivity index (χ0n) is 16.3. The quantitative estimate of drug-likeness (QED) is 0.514. The third-order valence-corrected chi connectivity index (χ3v) is 5.70. The molecule has 0 unspecified atom stereocenters. The second-order valence-electron chi connectivity index (χ2n) is 6.46. The van der Waals surface area contributed by atoms with Gasteiger partial charge in [-0.05, 0) is 35.4 Å². The van der Waals surface area contributed by atoms with Crippen molar-refractivity contribution in [3.05, 3.63) is 47.5 Å². The van der Waals surface area contributed by atoms with E-state index in [0.717, 1.165) is 33.3 Å². The summed E-state index contributed by atoms with van der Waals surface area (Å²) >= 11 is 7.11. The third-order valence-electron chi connectivity index (χ3n) is 4.40. The summed E-state index contributed by atoms with van der Waals surface area (Å²) in [6, 6.07) is 12.4. The van der Waals surface area contributed by atoms with Crippen LogP contribution in [0.1, 0.15) is 11.1 Å². The zero-order chi connectivity index (χ0) is 20.3. The summed E-state index contributed by atoms with van der Waals surface area (Å²) in [5, 5.41) is 1.54. The van der Waals surface area contributed by atoms with Crippen LogP contribution in [0.2, 0.25) is 0 Å². The first-order valence-corrected chi connectivity index (χ1v) is 11.9. The molecule has 0 spiro atoms. The highest BCUT2D eigenvalue weighted by molar-refractivity contribution is 9.08. The van der Waals surface area contributed by atoms with Gasteiger partial charge in [-0.25, -0.2) is 0 Å². The molecule has 3 rings (SSSR count). The van der Waals surface area contributed by atoms with Gasteiger partial charge in [-0.3, -0.25) is 0 Å². The molecule has 0 N–H and O–H groups in total. The highest BCUT2D eigenvalue weighted by Gasteiger charge is 2.14. The molecule has 1 heterocycles. The maximum Gasteiger partial charge on any atom is 0.127 e. The van der Waals surface area contributed by atoms with Crippen LogP contribution in [0.15, 0.2) is 36.4 Å². The van der Waals surface area contributed by atoms with Gasteiger partial charge in [0.1, 0.15) is 24.7 Å². The molecule has 0 saturated heterocycles. The molecule has 29 heavy (non-hydrogen) atoms. The second kappa shape index (κ2) is 12.5. The van der Waals surface area contributed by atoms with Crippen molar-refractivity contribution in [3.8, 4) is 22.6 Å². The van der Waals surface area contributed by atoms with Gasteiger partial charge in [-0.15, -0.1) is 0 Å². The van der Waals surface area contributed by atoms with E-state index in [9.17, 15) is 0 Å². The molecular weight excluding hydrogens is 504 g/mol. The van der Waals surface area contributed by atoms with E-state index < -0.39 is 0 Å². The summed E-state index contributed by atoms with van der Waals surface area (Å²) in [6.07, 6.45) is 0. The van der Waals surface area contributed by atoms with E-state index in [-0.39, 0.29) is 0 Å². The Morgan fingerprint density at radius 1 is 0.552 bits per heavy atom. The molecular formula is C22H26Br2O5. The van der Waals surface area contributed by atoms with Gasteiger partial charge in [-0.2, -0.15) is 0 Å². The zero-order valence-corrected chi connectivity index (χ0v) is 19.5. The van der Waals surface area contributed by atoms with Crippen molar-refractivity contribution in [3.63, 3.8) is 0 Å². The van der Waals surface area contributed by atoms with E-state index in [1.54, 1.807) is 0 Å². The molecule has 2 aromatic carbocycles. The number of halogens is 2. The summed E-state index contributed by atoms with van der Waals surface area (Å²) in [5.41, 5.74) is 4.36. The number of alkyl halides is 2. The van der Waals surface area contributed by atoms with Gasteiger partial charge >= 0.3 is 0 Å². The maximum absolute atomic E-state index is 6.07. The molecule has 1 aliphatic heterocycles. The second-order valence-corrected chi connectivity index (χ2v) is 7.58. The van der Waals surface area contributed by atoms with Crippen molar-refractivity contribution in [1.29, 1.82) is 0 Å². The Balaban J connectivity index is 1.92. The molecule has 2 aromatic rings. The van der Waals surface area contributed by atoms with Crippen LogP contribution in [0.4, 0.5) is 0 Å². The predicted octanol–water partition coefficient (Wildman–Crippen LogP) is 4.96. The van der Waals surface area contributed by atoms with Crippen LogP contribution >= 0.6 is 31.9 Å². The van der Waals surface area contributed by atoms with E-state index in [2.05, 4.69) is 56.1 Å². The summed E-state index contributed by atoms with van der Waals surface area (Å²) in [7, 11) is 0. The molecule has 0 bridgehead atoms. The molecule has 0 atom stereocenters. The first-order valence-electron chi connectivity index (χ1n) is 9.69. The monoisotopic (exact) mass is 528 g/mol. The third kappa shape index (κ3) is 6.96. The Kier molecular flexibility index (Phi) is 9.76. The lowest BCUT2D eigenvalue weighted by molar-refractivity contribution is 0.00519. The summed E-state index contributed by atoms with van der Waals surface area (Å²) < 4.78 is 28.8. The average molecular weight is 530 g/mol. The van der Waals surface area contributed by atoms with Crippen molar-refractivity contribution >= 4 is 31.9 Å². The van der Waals surface area contributed by atoms with Gasteiger partial charge in [0, 0.05) is 21.8 Å². The number of benzene rings is 2. The molecule has 0 saturated carbocycles. The van der Waals surface area contributed by atoms with Gasteiger partial charge < -0.3 is 23.7 Å². The number of fused-ring (bicyclic) bond motifs is 3. The fourth-order valence-electron chi connectivity index (χ4n) is 2.96. The molecule has 7 heteroatoms. The Hall–Kier alpha value is -1.12. The topological polar surface area (TPSA) is 46.2 Å².